The Morgan fingerprint density at radius 3 is 2.45 bits per heavy atom. The standard InChI is InChI=1S/C26H28N2O4S/c1-19(2)14-28(26(30)21-10-11-23-24(13-21)32-18-31-23)17-25(29)27(16-22-9-6-12-33-22)15-20-7-4-3-5-8-20/h3-13,19H,14-18H2,1-2H3. The van der Waals surface area contributed by atoms with Gasteiger partial charge >= 0.3 is 0 Å². The minimum Gasteiger partial charge on any atom is -0.454 e. The fourth-order valence-corrected chi connectivity index (χ4v) is 4.48. The highest BCUT2D eigenvalue weighted by molar-refractivity contribution is 7.09. The summed E-state index contributed by atoms with van der Waals surface area (Å²) in [6.07, 6.45) is 0. The van der Waals surface area contributed by atoms with E-state index in [0.29, 0.717) is 36.7 Å². The van der Waals surface area contributed by atoms with Gasteiger partial charge < -0.3 is 19.3 Å². The van der Waals surface area contributed by atoms with Crippen LogP contribution in [0.5, 0.6) is 11.5 Å². The van der Waals surface area contributed by atoms with E-state index in [1.165, 1.54) is 0 Å². The summed E-state index contributed by atoms with van der Waals surface area (Å²) in [7, 11) is 0. The molecule has 0 unspecified atom stereocenters. The van der Waals surface area contributed by atoms with Crippen LogP contribution in [-0.4, -0.2) is 41.5 Å². The van der Waals surface area contributed by atoms with Gasteiger partial charge in [-0.1, -0.05) is 50.2 Å². The first kappa shape index (κ1) is 22.9. The summed E-state index contributed by atoms with van der Waals surface area (Å²) in [6, 6.07) is 19.1. The van der Waals surface area contributed by atoms with Crippen molar-refractivity contribution in [2.24, 2.45) is 5.92 Å². The van der Waals surface area contributed by atoms with Crippen molar-refractivity contribution < 1.29 is 19.1 Å². The molecule has 0 atom stereocenters. The van der Waals surface area contributed by atoms with Crippen molar-refractivity contribution in [2.75, 3.05) is 19.9 Å². The largest absolute Gasteiger partial charge is 0.454 e. The molecule has 0 saturated heterocycles. The number of carbonyl (C=O) groups is 2. The van der Waals surface area contributed by atoms with Gasteiger partial charge in [-0.15, -0.1) is 11.3 Å². The van der Waals surface area contributed by atoms with E-state index in [9.17, 15) is 9.59 Å². The molecule has 6 nitrogen and oxygen atoms in total. The van der Waals surface area contributed by atoms with Crippen molar-refractivity contribution in [2.45, 2.75) is 26.9 Å². The van der Waals surface area contributed by atoms with Gasteiger partial charge in [-0.3, -0.25) is 9.59 Å². The molecule has 0 fully saturated rings. The second-order valence-corrected chi connectivity index (χ2v) is 9.49. The molecule has 0 N–H and O–H groups in total. The van der Waals surface area contributed by atoms with Crippen LogP contribution in [-0.2, 0) is 17.9 Å². The van der Waals surface area contributed by atoms with Crippen LogP contribution in [0.4, 0.5) is 0 Å². The fourth-order valence-electron chi connectivity index (χ4n) is 3.76. The minimum absolute atomic E-state index is 0.0175. The molecule has 2 aromatic carbocycles. The monoisotopic (exact) mass is 464 g/mol. The second-order valence-electron chi connectivity index (χ2n) is 8.46. The number of benzene rings is 2. The lowest BCUT2D eigenvalue weighted by Gasteiger charge is -2.29. The average molecular weight is 465 g/mol. The first-order valence-corrected chi connectivity index (χ1v) is 11.9. The van der Waals surface area contributed by atoms with Gasteiger partial charge in [0.2, 0.25) is 12.7 Å². The average Bonchev–Trinajstić information content (AvgIpc) is 3.49. The second kappa shape index (κ2) is 10.5. The summed E-state index contributed by atoms with van der Waals surface area (Å²) < 4.78 is 10.8. The highest BCUT2D eigenvalue weighted by Crippen LogP contribution is 2.33. The molecule has 0 saturated carbocycles. The Morgan fingerprint density at radius 1 is 0.939 bits per heavy atom. The maximum atomic E-state index is 13.5. The van der Waals surface area contributed by atoms with Gasteiger partial charge in [-0.2, -0.15) is 0 Å². The Labute approximate surface area is 198 Å². The van der Waals surface area contributed by atoms with E-state index in [-0.39, 0.29) is 31.1 Å². The van der Waals surface area contributed by atoms with Gasteiger partial charge in [-0.05, 0) is 41.1 Å². The smallest absolute Gasteiger partial charge is 0.254 e. The number of nitrogens with zero attached hydrogens (tertiary/aromatic N) is 2. The van der Waals surface area contributed by atoms with Crippen molar-refractivity contribution in [1.29, 1.82) is 0 Å². The first-order valence-electron chi connectivity index (χ1n) is 11.0. The van der Waals surface area contributed by atoms with Crippen LogP contribution in [0, 0.1) is 5.92 Å². The third kappa shape index (κ3) is 5.93. The zero-order chi connectivity index (χ0) is 23.2. The summed E-state index contributed by atoms with van der Waals surface area (Å²) in [6.45, 7) is 5.74. The van der Waals surface area contributed by atoms with Crippen molar-refractivity contribution in [1.82, 2.24) is 9.80 Å². The Bertz CT molecular complexity index is 1080. The molecular weight excluding hydrogens is 436 g/mol. The normalized spacial score (nSPS) is 12.1. The van der Waals surface area contributed by atoms with Crippen molar-refractivity contribution in [3.8, 4) is 11.5 Å². The van der Waals surface area contributed by atoms with Gasteiger partial charge in [0.05, 0.1) is 6.54 Å². The van der Waals surface area contributed by atoms with E-state index < -0.39 is 0 Å². The predicted molar refractivity (Wildman–Crippen MR) is 128 cm³/mol. The van der Waals surface area contributed by atoms with Gasteiger partial charge in [0.1, 0.15) is 6.54 Å². The summed E-state index contributed by atoms with van der Waals surface area (Å²) in [5.41, 5.74) is 1.54. The molecule has 1 aliphatic rings. The number of carbonyl (C=O) groups excluding carboxylic acids is 2. The summed E-state index contributed by atoms with van der Waals surface area (Å²) in [5.74, 6) is 1.13. The lowest BCUT2D eigenvalue weighted by molar-refractivity contribution is -0.133. The fraction of sp³-hybridized carbons (Fsp3) is 0.308. The number of fused-ring (bicyclic) bond motifs is 1. The zero-order valence-electron chi connectivity index (χ0n) is 18.9. The molecule has 0 spiro atoms. The lowest BCUT2D eigenvalue weighted by Crippen LogP contribution is -2.43. The van der Waals surface area contributed by atoms with Gasteiger partial charge in [0.15, 0.2) is 11.5 Å². The molecule has 33 heavy (non-hydrogen) atoms. The van der Waals surface area contributed by atoms with Crippen molar-refractivity contribution in [3.05, 3.63) is 82.0 Å². The Hall–Kier alpha value is -3.32. The molecule has 1 aliphatic heterocycles. The third-order valence-corrected chi connectivity index (χ3v) is 6.18. The number of hydrogen-bond acceptors (Lipinski definition) is 5. The zero-order valence-corrected chi connectivity index (χ0v) is 19.7. The summed E-state index contributed by atoms with van der Waals surface area (Å²) in [5, 5.41) is 2.01. The number of thiophene rings is 1. The van der Waals surface area contributed by atoms with E-state index in [2.05, 4.69) is 0 Å². The highest BCUT2D eigenvalue weighted by atomic mass is 32.1. The van der Waals surface area contributed by atoms with E-state index in [0.717, 1.165) is 10.4 Å². The van der Waals surface area contributed by atoms with Crippen LogP contribution in [0.3, 0.4) is 0 Å². The molecule has 1 aromatic heterocycles. The predicted octanol–water partition coefficient (Wildman–Crippen LogP) is 4.80. The highest BCUT2D eigenvalue weighted by Gasteiger charge is 2.25. The van der Waals surface area contributed by atoms with Gasteiger partial charge in [-0.25, -0.2) is 0 Å². The van der Waals surface area contributed by atoms with Crippen LogP contribution in [0.2, 0.25) is 0 Å². The Balaban J connectivity index is 1.53. The quantitative estimate of drug-likeness (QED) is 0.456. The van der Waals surface area contributed by atoms with E-state index in [1.54, 1.807) is 34.4 Å². The molecule has 3 aromatic rings. The number of hydrogen-bond donors (Lipinski definition) is 0. The minimum atomic E-state index is -0.189. The molecule has 7 heteroatoms. The van der Waals surface area contributed by atoms with Crippen LogP contribution in [0.25, 0.3) is 0 Å². The molecule has 4 rings (SSSR count). The molecule has 2 heterocycles. The van der Waals surface area contributed by atoms with E-state index in [4.69, 9.17) is 9.47 Å². The van der Waals surface area contributed by atoms with Gasteiger partial charge in [0.25, 0.3) is 5.91 Å². The molecule has 0 bridgehead atoms. The van der Waals surface area contributed by atoms with Crippen molar-refractivity contribution in [3.63, 3.8) is 0 Å². The summed E-state index contributed by atoms with van der Waals surface area (Å²) in [4.78, 5) is 31.4. The van der Waals surface area contributed by atoms with Crippen molar-refractivity contribution >= 4 is 23.2 Å². The lowest BCUT2D eigenvalue weighted by atomic mass is 10.1. The number of rotatable bonds is 9. The maximum absolute atomic E-state index is 13.5. The van der Waals surface area contributed by atoms with E-state index >= 15 is 0 Å². The SMILES string of the molecule is CC(C)CN(CC(=O)N(Cc1ccccc1)Cc1cccs1)C(=O)c1ccc2c(c1)OCO2. The topological polar surface area (TPSA) is 59.1 Å². The number of amides is 2. The van der Waals surface area contributed by atoms with Crippen LogP contribution in [0.1, 0.15) is 34.6 Å². The van der Waals surface area contributed by atoms with E-state index in [1.807, 2.05) is 66.6 Å². The Kier molecular flexibility index (Phi) is 7.29. The maximum Gasteiger partial charge on any atom is 0.254 e. The van der Waals surface area contributed by atoms with Crippen LogP contribution in [0.15, 0.2) is 66.0 Å². The molecule has 2 amide bonds. The molecule has 172 valence electrons. The van der Waals surface area contributed by atoms with Crippen LogP contribution >= 0.6 is 11.3 Å². The third-order valence-electron chi connectivity index (χ3n) is 5.31. The Morgan fingerprint density at radius 2 is 1.73 bits per heavy atom. The summed E-state index contributed by atoms with van der Waals surface area (Å²) >= 11 is 1.62. The first-order chi connectivity index (χ1) is 16.0. The van der Waals surface area contributed by atoms with Gasteiger partial charge in [0, 0.05) is 23.5 Å². The van der Waals surface area contributed by atoms with Crippen LogP contribution < -0.4 is 9.47 Å². The molecule has 0 aliphatic carbocycles. The molecular formula is C26H28N2O4S. The molecule has 0 radical (unpaired) electrons. The number of ether oxygens (including phenoxy) is 2.